The summed E-state index contributed by atoms with van der Waals surface area (Å²) in [6.45, 7) is 8.68. The first kappa shape index (κ1) is 23.2. The van der Waals surface area contributed by atoms with Crippen molar-refractivity contribution in [3.63, 3.8) is 0 Å². The fourth-order valence-corrected chi connectivity index (χ4v) is 4.54. The molecule has 1 heterocycles. The topological polar surface area (TPSA) is 47.6 Å². The van der Waals surface area contributed by atoms with Crippen LogP contribution in [0.1, 0.15) is 48.1 Å². The molecule has 0 radical (unpaired) electrons. The number of halogens is 1. The fraction of sp³-hybridized carbons (Fsp3) is 0.321. The zero-order chi connectivity index (χ0) is 23.6. The molecule has 0 saturated carbocycles. The number of hydrogen-bond donors (Lipinski definition) is 1. The summed E-state index contributed by atoms with van der Waals surface area (Å²) >= 11 is 6.35. The number of ether oxygens (including phenoxy) is 2. The van der Waals surface area contributed by atoms with E-state index in [1.807, 2.05) is 48.5 Å². The van der Waals surface area contributed by atoms with Crippen LogP contribution in [0.4, 0.5) is 5.69 Å². The number of amides is 1. The zero-order valence-corrected chi connectivity index (χ0v) is 20.4. The third kappa shape index (κ3) is 5.51. The van der Waals surface area contributed by atoms with Crippen LogP contribution in [-0.4, -0.2) is 11.5 Å². The molecule has 0 saturated heterocycles. The Hall–Kier alpha value is -2.98. The molecule has 4 rings (SSSR count). The van der Waals surface area contributed by atoms with Gasteiger partial charge in [-0.3, -0.25) is 4.79 Å². The van der Waals surface area contributed by atoms with Gasteiger partial charge in [-0.15, -0.1) is 0 Å². The summed E-state index contributed by atoms with van der Waals surface area (Å²) in [6, 6.07) is 17.5. The predicted octanol–water partition coefficient (Wildman–Crippen LogP) is 6.82. The van der Waals surface area contributed by atoms with Crippen molar-refractivity contribution in [2.24, 2.45) is 0 Å². The van der Waals surface area contributed by atoms with E-state index in [-0.39, 0.29) is 11.5 Å². The number of carbonyl (C=O) groups is 1. The summed E-state index contributed by atoms with van der Waals surface area (Å²) < 4.78 is 12.4. The van der Waals surface area contributed by atoms with Crippen molar-refractivity contribution < 1.29 is 14.3 Å². The average molecular weight is 464 g/mol. The third-order valence-corrected chi connectivity index (χ3v) is 6.33. The molecule has 0 atom stereocenters. The van der Waals surface area contributed by atoms with E-state index in [1.54, 1.807) is 0 Å². The Morgan fingerprint density at radius 3 is 2.58 bits per heavy atom. The highest BCUT2D eigenvalue weighted by molar-refractivity contribution is 6.30. The van der Waals surface area contributed by atoms with Gasteiger partial charge in [-0.1, -0.05) is 35.9 Å². The maximum atomic E-state index is 12.3. The van der Waals surface area contributed by atoms with Crippen LogP contribution in [0, 0.1) is 13.8 Å². The van der Waals surface area contributed by atoms with Crippen LogP contribution >= 0.6 is 11.6 Å². The Balaban J connectivity index is 1.41. The van der Waals surface area contributed by atoms with Gasteiger partial charge in [0.15, 0.2) is 0 Å². The van der Waals surface area contributed by atoms with Gasteiger partial charge in [0, 0.05) is 29.1 Å². The van der Waals surface area contributed by atoms with Crippen LogP contribution in [0.15, 0.2) is 54.6 Å². The van der Waals surface area contributed by atoms with Gasteiger partial charge in [0.2, 0.25) is 5.91 Å². The van der Waals surface area contributed by atoms with Gasteiger partial charge in [0.1, 0.15) is 23.7 Å². The molecular formula is C28H30ClNO3. The molecule has 1 aliphatic rings. The second kappa shape index (κ2) is 9.48. The molecule has 1 aliphatic heterocycles. The second-order valence-corrected chi connectivity index (χ2v) is 9.70. The number of nitrogens with one attached hydrogen (secondary N) is 1. The number of hydrogen-bond acceptors (Lipinski definition) is 3. The van der Waals surface area contributed by atoms with E-state index < -0.39 is 0 Å². The minimum Gasteiger partial charge on any atom is -0.488 e. The number of para-hydroxylation sites is 1. The Bertz CT molecular complexity index is 1170. The lowest BCUT2D eigenvalue weighted by Crippen LogP contribution is -2.25. The molecular weight excluding hydrogens is 434 g/mol. The highest BCUT2D eigenvalue weighted by atomic mass is 35.5. The quantitative estimate of drug-likeness (QED) is 0.418. The van der Waals surface area contributed by atoms with Crippen LogP contribution in [0.5, 0.6) is 11.5 Å². The van der Waals surface area contributed by atoms with Crippen molar-refractivity contribution in [1.29, 1.82) is 0 Å². The summed E-state index contributed by atoms with van der Waals surface area (Å²) in [5.74, 6) is 1.73. The molecule has 0 aromatic heterocycles. The van der Waals surface area contributed by atoms with Crippen LogP contribution in [0.2, 0.25) is 5.02 Å². The van der Waals surface area contributed by atoms with Gasteiger partial charge in [0.25, 0.3) is 0 Å². The van der Waals surface area contributed by atoms with Crippen molar-refractivity contribution in [1.82, 2.24) is 0 Å². The molecule has 5 heteroatoms. The summed E-state index contributed by atoms with van der Waals surface area (Å²) in [7, 11) is 0. The Kier molecular flexibility index (Phi) is 6.66. The summed E-state index contributed by atoms with van der Waals surface area (Å²) in [5, 5.41) is 3.64. The number of benzene rings is 3. The molecule has 0 unspecified atom stereocenters. The van der Waals surface area contributed by atoms with Crippen molar-refractivity contribution in [2.75, 3.05) is 5.32 Å². The highest BCUT2D eigenvalue weighted by Crippen LogP contribution is 2.40. The molecule has 4 nitrogen and oxygen atoms in total. The van der Waals surface area contributed by atoms with Crippen molar-refractivity contribution >= 4 is 23.2 Å². The Labute approximate surface area is 200 Å². The van der Waals surface area contributed by atoms with Crippen molar-refractivity contribution in [2.45, 2.75) is 59.2 Å². The molecule has 0 bridgehead atoms. The van der Waals surface area contributed by atoms with E-state index in [2.05, 4.69) is 39.1 Å². The number of fused-ring (bicyclic) bond motifs is 1. The predicted molar refractivity (Wildman–Crippen MR) is 134 cm³/mol. The monoisotopic (exact) mass is 463 g/mol. The van der Waals surface area contributed by atoms with E-state index in [0.717, 1.165) is 51.4 Å². The Morgan fingerprint density at radius 2 is 1.82 bits per heavy atom. The van der Waals surface area contributed by atoms with E-state index in [9.17, 15) is 4.79 Å². The Morgan fingerprint density at radius 1 is 1.06 bits per heavy atom. The van der Waals surface area contributed by atoms with Crippen LogP contribution < -0.4 is 14.8 Å². The maximum absolute atomic E-state index is 12.3. The van der Waals surface area contributed by atoms with Crippen LogP contribution in [-0.2, 0) is 24.2 Å². The maximum Gasteiger partial charge on any atom is 0.224 e. The molecule has 0 aliphatic carbocycles. The number of anilines is 1. The number of carbonyl (C=O) groups excluding carboxylic acids is 1. The molecule has 3 aromatic carbocycles. The number of aryl methyl sites for hydroxylation is 1. The molecule has 33 heavy (non-hydrogen) atoms. The average Bonchev–Trinajstić information content (AvgIpc) is 3.08. The normalized spacial score (nSPS) is 13.8. The molecule has 3 aromatic rings. The summed E-state index contributed by atoms with van der Waals surface area (Å²) in [5.41, 5.74) is 6.05. The first-order valence-electron chi connectivity index (χ1n) is 11.3. The fourth-order valence-electron chi connectivity index (χ4n) is 4.28. The molecule has 172 valence electrons. The minimum absolute atomic E-state index is 0.0105. The second-order valence-electron chi connectivity index (χ2n) is 9.27. The molecule has 0 spiro atoms. The van der Waals surface area contributed by atoms with Gasteiger partial charge in [-0.25, -0.2) is 0 Å². The van der Waals surface area contributed by atoms with E-state index >= 15 is 0 Å². The SMILES string of the molecule is Cc1c(CCC(=O)Nc2ccccc2)ccc(OCc2cc(Cl)cc3c2OC(C)(C)C3)c1C. The summed E-state index contributed by atoms with van der Waals surface area (Å²) in [6.07, 6.45) is 1.94. The van der Waals surface area contributed by atoms with E-state index in [4.69, 9.17) is 21.1 Å². The van der Waals surface area contributed by atoms with Crippen molar-refractivity contribution in [3.8, 4) is 11.5 Å². The molecule has 0 fully saturated rings. The third-order valence-electron chi connectivity index (χ3n) is 6.11. The summed E-state index contributed by atoms with van der Waals surface area (Å²) in [4.78, 5) is 12.3. The highest BCUT2D eigenvalue weighted by Gasteiger charge is 2.32. The minimum atomic E-state index is -0.233. The van der Waals surface area contributed by atoms with Gasteiger partial charge >= 0.3 is 0 Å². The van der Waals surface area contributed by atoms with Gasteiger partial charge in [-0.2, -0.15) is 0 Å². The van der Waals surface area contributed by atoms with Gasteiger partial charge < -0.3 is 14.8 Å². The van der Waals surface area contributed by atoms with Crippen LogP contribution in [0.25, 0.3) is 0 Å². The first-order chi connectivity index (χ1) is 15.7. The number of rotatable bonds is 7. The zero-order valence-electron chi connectivity index (χ0n) is 19.6. The lowest BCUT2D eigenvalue weighted by Gasteiger charge is -2.19. The smallest absolute Gasteiger partial charge is 0.224 e. The van der Waals surface area contributed by atoms with Gasteiger partial charge in [0.05, 0.1) is 0 Å². The molecule has 1 amide bonds. The largest absolute Gasteiger partial charge is 0.488 e. The van der Waals surface area contributed by atoms with Crippen molar-refractivity contribution in [3.05, 3.63) is 87.4 Å². The standard InChI is InChI=1S/C28H30ClNO3/c1-18-19(2)25(12-10-20(18)11-13-26(31)30-24-8-6-5-7-9-24)32-17-22-15-23(29)14-21-16-28(3,4)33-27(21)22/h5-10,12,14-15H,11,13,16-17H2,1-4H3,(H,30,31). The van der Waals surface area contributed by atoms with E-state index in [1.165, 1.54) is 0 Å². The lowest BCUT2D eigenvalue weighted by atomic mass is 9.98. The molecule has 1 N–H and O–H groups in total. The first-order valence-corrected chi connectivity index (χ1v) is 11.7. The van der Waals surface area contributed by atoms with Gasteiger partial charge in [-0.05, 0) is 86.7 Å². The lowest BCUT2D eigenvalue weighted by molar-refractivity contribution is -0.116. The van der Waals surface area contributed by atoms with Crippen LogP contribution in [0.3, 0.4) is 0 Å². The van der Waals surface area contributed by atoms with E-state index in [0.29, 0.717) is 24.5 Å².